The molecule has 0 fully saturated rings. The minimum Gasteiger partial charge on any atom is -0.462 e. The molecule has 0 aromatic heterocycles. The molecular formula is C21H16N2O6. The van der Waals surface area contributed by atoms with Crippen LogP contribution >= 0.6 is 0 Å². The predicted molar refractivity (Wildman–Crippen MR) is 107 cm³/mol. The number of rotatable bonds is 6. The molecule has 0 amide bonds. The van der Waals surface area contributed by atoms with Gasteiger partial charge in [-0.2, -0.15) is 0 Å². The third-order valence-electron chi connectivity index (χ3n) is 4.30. The number of nitrogens with zero attached hydrogens (tertiary/aromatic N) is 2. The number of carbonyl (C=O) groups excluding carboxylic acids is 1. The number of benzene rings is 3. The number of esters is 1. The van der Waals surface area contributed by atoms with Gasteiger partial charge in [-0.3, -0.25) is 20.2 Å². The second-order valence-corrected chi connectivity index (χ2v) is 6.06. The van der Waals surface area contributed by atoms with E-state index in [-0.39, 0.29) is 29.1 Å². The maximum absolute atomic E-state index is 12.6. The number of nitro groups is 2. The summed E-state index contributed by atoms with van der Waals surface area (Å²) >= 11 is 0. The van der Waals surface area contributed by atoms with Crippen molar-refractivity contribution in [3.63, 3.8) is 0 Å². The van der Waals surface area contributed by atoms with Crippen LogP contribution in [0.15, 0.2) is 66.7 Å². The minimum absolute atomic E-state index is 0.136. The average Bonchev–Trinajstić information content (AvgIpc) is 2.73. The van der Waals surface area contributed by atoms with Gasteiger partial charge < -0.3 is 4.74 Å². The zero-order valence-electron chi connectivity index (χ0n) is 15.4. The summed E-state index contributed by atoms with van der Waals surface area (Å²) in [5.74, 6) is -0.607. The number of hydrogen-bond acceptors (Lipinski definition) is 6. The van der Waals surface area contributed by atoms with Crippen LogP contribution in [0.5, 0.6) is 0 Å². The molecule has 0 heterocycles. The van der Waals surface area contributed by atoms with Gasteiger partial charge in [-0.1, -0.05) is 30.3 Å². The first-order chi connectivity index (χ1) is 13.9. The molecule has 3 rings (SSSR count). The van der Waals surface area contributed by atoms with E-state index in [1.165, 1.54) is 36.4 Å². The molecule has 3 aromatic carbocycles. The average molecular weight is 392 g/mol. The van der Waals surface area contributed by atoms with Crippen molar-refractivity contribution in [2.45, 2.75) is 6.92 Å². The Labute approximate surface area is 165 Å². The van der Waals surface area contributed by atoms with Crippen LogP contribution in [-0.2, 0) is 4.74 Å². The lowest BCUT2D eigenvalue weighted by Gasteiger charge is -2.12. The van der Waals surface area contributed by atoms with Crippen LogP contribution in [0.4, 0.5) is 11.4 Å². The largest absolute Gasteiger partial charge is 0.462 e. The molecule has 0 radical (unpaired) electrons. The summed E-state index contributed by atoms with van der Waals surface area (Å²) in [7, 11) is 0. The fourth-order valence-electron chi connectivity index (χ4n) is 2.97. The Morgan fingerprint density at radius 1 is 0.862 bits per heavy atom. The molecule has 29 heavy (non-hydrogen) atoms. The van der Waals surface area contributed by atoms with Crippen molar-refractivity contribution in [2.24, 2.45) is 0 Å². The Balaban J connectivity index is 2.25. The van der Waals surface area contributed by atoms with Gasteiger partial charge >= 0.3 is 5.97 Å². The number of non-ortho nitro benzene ring substituents is 1. The highest BCUT2D eigenvalue weighted by atomic mass is 16.6. The van der Waals surface area contributed by atoms with Crippen molar-refractivity contribution in [1.29, 1.82) is 0 Å². The molecule has 3 aromatic rings. The second kappa shape index (κ2) is 8.30. The fourth-order valence-corrected chi connectivity index (χ4v) is 2.97. The van der Waals surface area contributed by atoms with Gasteiger partial charge in [0.2, 0.25) is 0 Å². The standard InChI is InChI=1S/C21H16N2O6/c1-2-29-21(24)19-12-18(15-8-10-16(11-9-15)22(25)26)20(23(27)28)13-17(19)14-6-4-3-5-7-14/h3-13H,2H2,1H3. The Morgan fingerprint density at radius 2 is 1.48 bits per heavy atom. The number of ether oxygens (including phenoxy) is 1. The quantitative estimate of drug-likeness (QED) is 0.331. The van der Waals surface area contributed by atoms with E-state index in [1.807, 2.05) is 0 Å². The van der Waals surface area contributed by atoms with Crippen LogP contribution < -0.4 is 0 Å². The van der Waals surface area contributed by atoms with Gasteiger partial charge in [0.25, 0.3) is 11.4 Å². The SMILES string of the molecule is CCOC(=O)c1cc(-c2ccc([N+](=O)[O-])cc2)c([N+](=O)[O-])cc1-c1ccccc1. The lowest BCUT2D eigenvalue weighted by Crippen LogP contribution is -2.08. The summed E-state index contributed by atoms with van der Waals surface area (Å²) in [5, 5.41) is 22.6. The number of carbonyl (C=O) groups is 1. The predicted octanol–water partition coefficient (Wildman–Crippen LogP) is 5.01. The second-order valence-electron chi connectivity index (χ2n) is 6.06. The van der Waals surface area contributed by atoms with E-state index in [0.717, 1.165) is 0 Å². The molecule has 0 N–H and O–H groups in total. The molecule has 8 heteroatoms. The highest BCUT2D eigenvalue weighted by molar-refractivity contribution is 6.00. The smallest absolute Gasteiger partial charge is 0.338 e. The van der Waals surface area contributed by atoms with Gasteiger partial charge in [0.1, 0.15) is 0 Å². The number of hydrogen-bond donors (Lipinski definition) is 0. The van der Waals surface area contributed by atoms with Crippen LogP contribution in [0.25, 0.3) is 22.3 Å². The molecule has 0 saturated carbocycles. The Kier molecular flexibility index (Phi) is 5.64. The first-order valence-electron chi connectivity index (χ1n) is 8.72. The zero-order valence-corrected chi connectivity index (χ0v) is 15.4. The molecule has 0 atom stereocenters. The van der Waals surface area contributed by atoms with Crippen molar-refractivity contribution in [3.05, 3.63) is 92.5 Å². The lowest BCUT2D eigenvalue weighted by atomic mass is 9.93. The van der Waals surface area contributed by atoms with E-state index in [0.29, 0.717) is 16.7 Å². The van der Waals surface area contributed by atoms with E-state index >= 15 is 0 Å². The van der Waals surface area contributed by atoms with Crippen LogP contribution in [0, 0.1) is 20.2 Å². The van der Waals surface area contributed by atoms with E-state index in [1.54, 1.807) is 37.3 Å². The summed E-state index contributed by atoms with van der Waals surface area (Å²) in [6.45, 7) is 1.82. The van der Waals surface area contributed by atoms with Gasteiger partial charge in [0.15, 0.2) is 0 Å². The highest BCUT2D eigenvalue weighted by Gasteiger charge is 2.24. The molecule has 0 aliphatic heterocycles. The van der Waals surface area contributed by atoms with E-state index in [4.69, 9.17) is 4.74 Å². The summed E-state index contributed by atoms with van der Waals surface area (Å²) in [4.78, 5) is 34.1. The van der Waals surface area contributed by atoms with Gasteiger partial charge in [-0.25, -0.2) is 4.79 Å². The molecule has 0 saturated heterocycles. The molecule has 0 aliphatic rings. The van der Waals surface area contributed by atoms with Gasteiger partial charge in [0.05, 0.1) is 27.6 Å². The Hall–Kier alpha value is -4.07. The third-order valence-corrected chi connectivity index (χ3v) is 4.30. The first-order valence-corrected chi connectivity index (χ1v) is 8.72. The van der Waals surface area contributed by atoms with E-state index in [2.05, 4.69) is 0 Å². The van der Waals surface area contributed by atoms with Crippen molar-refractivity contribution < 1.29 is 19.4 Å². The van der Waals surface area contributed by atoms with Crippen molar-refractivity contribution in [3.8, 4) is 22.3 Å². The van der Waals surface area contributed by atoms with Gasteiger partial charge in [-0.05, 0) is 36.2 Å². The molecule has 0 spiro atoms. The molecule has 8 nitrogen and oxygen atoms in total. The molecule has 0 bridgehead atoms. The third kappa shape index (κ3) is 4.11. The minimum atomic E-state index is -0.607. The summed E-state index contributed by atoms with van der Waals surface area (Å²) in [6.07, 6.45) is 0. The highest BCUT2D eigenvalue weighted by Crippen LogP contribution is 2.37. The van der Waals surface area contributed by atoms with E-state index in [9.17, 15) is 25.0 Å². The van der Waals surface area contributed by atoms with Crippen LogP contribution in [0.1, 0.15) is 17.3 Å². The Bertz CT molecular complexity index is 1080. The monoisotopic (exact) mass is 392 g/mol. The number of nitro benzene ring substituents is 2. The Morgan fingerprint density at radius 3 is 2.03 bits per heavy atom. The normalized spacial score (nSPS) is 10.4. The maximum atomic E-state index is 12.6. The molecule has 0 unspecified atom stereocenters. The van der Waals surface area contributed by atoms with Crippen molar-refractivity contribution in [1.82, 2.24) is 0 Å². The van der Waals surface area contributed by atoms with Gasteiger partial charge in [-0.15, -0.1) is 0 Å². The summed E-state index contributed by atoms with van der Waals surface area (Å²) in [6, 6.07) is 16.9. The molecule has 0 aliphatic carbocycles. The fraction of sp³-hybridized carbons (Fsp3) is 0.0952. The maximum Gasteiger partial charge on any atom is 0.338 e. The topological polar surface area (TPSA) is 113 Å². The van der Waals surface area contributed by atoms with Crippen molar-refractivity contribution in [2.75, 3.05) is 6.61 Å². The molecule has 146 valence electrons. The zero-order chi connectivity index (χ0) is 21.0. The first kappa shape index (κ1) is 19.7. The lowest BCUT2D eigenvalue weighted by molar-refractivity contribution is -0.385. The van der Waals surface area contributed by atoms with E-state index < -0.39 is 15.8 Å². The van der Waals surface area contributed by atoms with Gasteiger partial charge in [0, 0.05) is 23.8 Å². The van der Waals surface area contributed by atoms with Crippen LogP contribution in [-0.4, -0.2) is 22.4 Å². The van der Waals surface area contributed by atoms with Crippen LogP contribution in [0.3, 0.4) is 0 Å². The molecular weight excluding hydrogens is 376 g/mol. The summed E-state index contributed by atoms with van der Waals surface area (Å²) < 4.78 is 5.13. The van der Waals surface area contributed by atoms with Crippen molar-refractivity contribution >= 4 is 17.3 Å². The van der Waals surface area contributed by atoms with Crippen LogP contribution in [0.2, 0.25) is 0 Å². The summed E-state index contributed by atoms with van der Waals surface area (Å²) in [5.41, 5.74) is 1.39.